The van der Waals surface area contributed by atoms with Crippen molar-refractivity contribution in [1.29, 1.82) is 0 Å². The first kappa shape index (κ1) is 26.6. The molecule has 0 unspecified atom stereocenters. The number of carbonyl (C=O) groups excluding carboxylic acids is 2. The molecule has 0 saturated carbocycles. The SMILES string of the molecule is CC[C@](O)(CC(=O)N1C(=O)OC(C)(C)[C@@H]1C(C)C)c1ccnc(OC)c1COCc1ccccc1. The second kappa shape index (κ2) is 10.7. The smallest absolute Gasteiger partial charge is 0.417 e. The summed E-state index contributed by atoms with van der Waals surface area (Å²) in [6.07, 6.45) is 0.785. The number of ether oxygens (including phenoxy) is 3. The minimum atomic E-state index is -1.56. The molecule has 0 radical (unpaired) electrons. The van der Waals surface area contributed by atoms with Crippen molar-refractivity contribution in [2.24, 2.45) is 5.92 Å². The number of carbonyl (C=O) groups is 2. The predicted molar refractivity (Wildman–Crippen MR) is 131 cm³/mol. The Morgan fingerprint density at radius 3 is 2.51 bits per heavy atom. The number of aromatic nitrogens is 1. The lowest BCUT2D eigenvalue weighted by molar-refractivity contribution is -0.136. The van der Waals surface area contributed by atoms with E-state index in [-0.39, 0.29) is 25.4 Å². The van der Waals surface area contributed by atoms with Crippen LogP contribution in [0.5, 0.6) is 5.88 Å². The fraction of sp³-hybridized carbons (Fsp3) is 0.519. The Morgan fingerprint density at radius 2 is 1.91 bits per heavy atom. The Kier molecular flexibility index (Phi) is 8.18. The monoisotopic (exact) mass is 484 g/mol. The summed E-state index contributed by atoms with van der Waals surface area (Å²) in [4.78, 5) is 31.5. The quantitative estimate of drug-likeness (QED) is 0.527. The molecule has 1 aromatic carbocycles. The highest BCUT2D eigenvalue weighted by atomic mass is 16.6. The average Bonchev–Trinajstić information content (AvgIpc) is 3.07. The maximum absolute atomic E-state index is 13.5. The zero-order valence-corrected chi connectivity index (χ0v) is 21.4. The van der Waals surface area contributed by atoms with E-state index in [0.717, 1.165) is 10.5 Å². The van der Waals surface area contributed by atoms with Crippen LogP contribution in [-0.4, -0.2) is 45.7 Å². The number of imide groups is 1. The van der Waals surface area contributed by atoms with Crippen LogP contribution < -0.4 is 4.74 Å². The first-order valence-corrected chi connectivity index (χ1v) is 12.0. The van der Waals surface area contributed by atoms with E-state index in [0.29, 0.717) is 23.6 Å². The van der Waals surface area contributed by atoms with Crippen molar-refractivity contribution in [1.82, 2.24) is 9.88 Å². The van der Waals surface area contributed by atoms with Crippen LogP contribution in [0.4, 0.5) is 4.79 Å². The Balaban J connectivity index is 1.88. The minimum absolute atomic E-state index is 0.0157. The Hall–Kier alpha value is -2.97. The molecular weight excluding hydrogens is 448 g/mol. The van der Waals surface area contributed by atoms with Crippen molar-refractivity contribution >= 4 is 12.0 Å². The van der Waals surface area contributed by atoms with Crippen LogP contribution in [0.2, 0.25) is 0 Å². The molecule has 0 bridgehead atoms. The third-order valence-corrected chi connectivity index (χ3v) is 6.54. The molecule has 1 aliphatic heterocycles. The second-order valence-electron chi connectivity index (χ2n) is 9.81. The van der Waals surface area contributed by atoms with E-state index in [9.17, 15) is 14.7 Å². The summed E-state index contributed by atoms with van der Waals surface area (Å²) >= 11 is 0. The molecule has 1 aromatic heterocycles. The van der Waals surface area contributed by atoms with Gasteiger partial charge in [0.05, 0.1) is 38.4 Å². The first-order valence-electron chi connectivity index (χ1n) is 12.0. The molecule has 1 aliphatic rings. The molecule has 2 atom stereocenters. The molecule has 2 amide bonds. The van der Waals surface area contributed by atoms with Gasteiger partial charge in [0.1, 0.15) is 5.60 Å². The number of pyridine rings is 1. The van der Waals surface area contributed by atoms with Gasteiger partial charge in [-0.15, -0.1) is 0 Å². The summed E-state index contributed by atoms with van der Waals surface area (Å²) in [5.41, 5.74) is -0.323. The number of nitrogens with zero attached hydrogens (tertiary/aromatic N) is 2. The van der Waals surface area contributed by atoms with Gasteiger partial charge in [0.25, 0.3) is 0 Å². The lowest BCUT2D eigenvalue weighted by Crippen LogP contribution is -2.49. The first-order chi connectivity index (χ1) is 16.5. The number of aliphatic hydroxyl groups is 1. The van der Waals surface area contributed by atoms with E-state index in [2.05, 4.69) is 4.98 Å². The molecular formula is C27H36N2O6. The second-order valence-corrected chi connectivity index (χ2v) is 9.81. The van der Waals surface area contributed by atoms with Gasteiger partial charge >= 0.3 is 6.09 Å². The third kappa shape index (κ3) is 5.65. The highest BCUT2D eigenvalue weighted by molar-refractivity contribution is 5.94. The van der Waals surface area contributed by atoms with Crippen LogP contribution in [-0.2, 0) is 33.1 Å². The van der Waals surface area contributed by atoms with E-state index in [4.69, 9.17) is 14.2 Å². The van der Waals surface area contributed by atoms with E-state index >= 15 is 0 Å². The van der Waals surface area contributed by atoms with Gasteiger partial charge in [-0.25, -0.2) is 14.7 Å². The van der Waals surface area contributed by atoms with Crippen LogP contribution in [0, 0.1) is 5.92 Å². The van der Waals surface area contributed by atoms with Gasteiger partial charge in [0, 0.05) is 11.8 Å². The molecule has 0 spiro atoms. The summed E-state index contributed by atoms with van der Waals surface area (Å²) in [5, 5.41) is 11.7. The van der Waals surface area contributed by atoms with E-state index < -0.39 is 29.2 Å². The summed E-state index contributed by atoms with van der Waals surface area (Å²) in [6, 6.07) is 11.0. The van der Waals surface area contributed by atoms with Gasteiger partial charge in [0.2, 0.25) is 11.8 Å². The van der Waals surface area contributed by atoms with Crippen molar-refractivity contribution in [2.45, 2.75) is 77.9 Å². The fourth-order valence-electron chi connectivity index (χ4n) is 4.93. The number of methoxy groups -OCH3 is 1. The zero-order valence-electron chi connectivity index (χ0n) is 21.4. The Labute approximate surface area is 207 Å². The lowest BCUT2D eigenvalue weighted by atomic mass is 9.84. The van der Waals surface area contributed by atoms with E-state index in [1.165, 1.54) is 13.3 Å². The highest BCUT2D eigenvalue weighted by Gasteiger charge is 2.52. The van der Waals surface area contributed by atoms with Crippen LogP contribution >= 0.6 is 0 Å². The van der Waals surface area contributed by atoms with Crippen molar-refractivity contribution < 1.29 is 28.9 Å². The maximum atomic E-state index is 13.5. The number of amides is 2. The predicted octanol–water partition coefficient (Wildman–Crippen LogP) is 4.58. The van der Waals surface area contributed by atoms with Crippen molar-refractivity contribution in [2.75, 3.05) is 7.11 Å². The van der Waals surface area contributed by atoms with Crippen LogP contribution in [0.25, 0.3) is 0 Å². The van der Waals surface area contributed by atoms with Gasteiger partial charge in [-0.1, -0.05) is 51.1 Å². The van der Waals surface area contributed by atoms with E-state index in [1.54, 1.807) is 26.8 Å². The molecule has 0 aliphatic carbocycles. The summed E-state index contributed by atoms with van der Waals surface area (Å²) in [7, 11) is 1.50. The van der Waals surface area contributed by atoms with Gasteiger partial charge < -0.3 is 19.3 Å². The van der Waals surface area contributed by atoms with Crippen LogP contribution in [0.1, 0.15) is 64.2 Å². The third-order valence-electron chi connectivity index (χ3n) is 6.54. The maximum Gasteiger partial charge on any atom is 0.417 e. The summed E-state index contributed by atoms with van der Waals surface area (Å²) < 4.78 is 16.9. The summed E-state index contributed by atoms with van der Waals surface area (Å²) in [6.45, 7) is 9.77. The molecule has 1 N–H and O–H groups in total. The number of hydrogen-bond acceptors (Lipinski definition) is 7. The minimum Gasteiger partial charge on any atom is -0.481 e. The molecule has 2 aromatic rings. The molecule has 1 saturated heterocycles. The topological polar surface area (TPSA) is 98.2 Å². The normalized spacial score (nSPS) is 18.9. The van der Waals surface area contributed by atoms with Crippen molar-refractivity contribution in [3.05, 3.63) is 59.3 Å². The van der Waals surface area contributed by atoms with Crippen molar-refractivity contribution in [3.63, 3.8) is 0 Å². The average molecular weight is 485 g/mol. The van der Waals surface area contributed by atoms with Crippen LogP contribution in [0.15, 0.2) is 42.6 Å². The lowest BCUT2D eigenvalue weighted by Gasteiger charge is -2.34. The van der Waals surface area contributed by atoms with Crippen LogP contribution in [0.3, 0.4) is 0 Å². The molecule has 1 fully saturated rings. The Bertz CT molecular complexity index is 1040. The standard InChI is InChI=1S/C27H36N2O6/c1-7-27(32,15-22(30)29-23(18(2)3)26(4,5)35-25(29)31)21-13-14-28-24(33-6)20(21)17-34-16-19-11-9-8-10-12-19/h8-14,18,23,32H,7,15-17H2,1-6H3/t23-,27-/m0/s1. The van der Waals surface area contributed by atoms with Gasteiger partial charge in [0.15, 0.2) is 0 Å². The van der Waals surface area contributed by atoms with Gasteiger partial charge in [-0.05, 0) is 43.4 Å². The summed E-state index contributed by atoms with van der Waals surface area (Å²) in [5.74, 6) is -0.190. The molecule has 2 heterocycles. The zero-order chi connectivity index (χ0) is 25.8. The van der Waals surface area contributed by atoms with Gasteiger partial charge in [-0.2, -0.15) is 0 Å². The molecule has 35 heavy (non-hydrogen) atoms. The molecule has 190 valence electrons. The molecule has 3 rings (SSSR count). The largest absolute Gasteiger partial charge is 0.481 e. The molecule has 8 nitrogen and oxygen atoms in total. The number of benzene rings is 1. The van der Waals surface area contributed by atoms with Crippen molar-refractivity contribution in [3.8, 4) is 5.88 Å². The number of cyclic esters (lactones) is 1. The number of hydrogen-bond donors (Lipinski definition) is 1. The Morgan fingerprint density at radius 1 is 1.23 bits per heavy atom. The fourth-order valence-corrected chi connectivity index (χ4v) is 4.93. The number of rotatable bonds is 10. The van der Waals surface area contributed by atoms with Gasteiger partial charge in [-0.3, -0.25) is 4.79 Å². The molecule has 8 heteroatoms. The van der Waals surface area contributed by atoms with E-state index in [1.807, 2.05) is 44.2 Å². The highest BCUT2D eigenvalue weighted by Crippen LogP contribution is 2.39.